The van der Waals surface area contributed by atoms with E-state index in [9.17, 15) is 19.5 Å². The Kier molecular flexibility index (Phi) is 5.65. The molecule has 2 fully saturated rings. The molecular weight excluding hydrogens is 350 g/mol. The molecule has 1 aromatic rings. The Hall–Kier alpha value is -2.61. The number of nitrogens with one attached hydrogen (secondary N) is 2. The molecule has 3 N–H and O–H groups in total. The molecule has 0 unspecified atom stereocenters. The average molecular weight is 375 g/mol. The molecule has 8 heteroatoms. The van der Waals surface area contributed by atoms with E-state index in [0.29, 0.717) is 25.8 Å². The minimum Gasteiger partial charge on any atom is -0.497 e. The van der Waals surface area contributed by atoms with Crippen LogP contribution in [0.3, 0.4) is 0 Å². The summed E-state index contributed by atoms with van der Waals surface area (Å²) in [6.07, 6.45) is 0.229. The highest BCUT2D eigenvalue weighted by Gasteiger charge is 2.44. The van der Waals surface area contributed by atoms with E-state index in [2.05, 4.69) is 10.6 Å². The number of rotatable bonds is 5. The number of methoxy groups -OCH3 is 1. The number of benzene rings is 1. The molecule has 0 radical (unpaired) electrons. The second-order valence-corrected chi connectivity index (χ2v) is 7.07. The molecular formula is C19H25N3O5. The zero-order valence-corrected chi connectivity index (χ0v) is 15.5. The van der Waals surface area contributed by atoms with Crippen LogP contribution in [0.1, 0.15) is 25.3 Å². The van der Waals surface area contributed by atoms with E-state index in [1.165, 1.54) is 6.92 Å². The molecule has 1 aromatic carbocycles. The highest BCUT2D eigenvalue weighted by molar-refractivity contribution is 5.97. The number of piperazine rings is 1. The molecule has 4 atom stereocenters. The molecule has 2 aliphatic rings. The summed E-state index contributed by atoms with van der Waals surface area (Å²) in [5, 5.41) is 14.9. The van der Waals surface area contributed by atoms with E-state index in [4.69, 9.17) is 4.74 Å². The number of nitrogens with zero attached hydrogens (tertiary/aromatic N) is 1. The summed E-state index contributed by atoms with van der Waals surface area (Å²) in [5.41, 5.74) is 0.937. The fourth-order valence-electron chi connectivity index (χ4n) is 3.60. The van der Waals surface area contributed by atoms with E-state index < -0.39 is 24.1 Å². The van der Waals surface area contributed by atoms with Crippen molar-refractivity contribution in [2.24, 2.45) is 0 Å². The van der Waals surface area contributed by atoms with Crippen LogP contribution in [0.2, 0.25) is 0 Å². The van der Waals surface area contributed by atoms with E-state index in [0.717, 1.165) is 11.3 Å². The lowest BCUT2D eigenvalue weighted by Gasteiger charge is -2.44. The number of aliphatic hydroxyl groups is 1. The molecule has 2 aliphatic heterocycles. The van der Waals surface area contributed by atoms with Crippen LogP contribution >= 0.6 is 0 Å². The SMILES string of the molecule is COc1ccc(C[C@@H]2NC(=O)[C@@H]3C[C@H](NC(=O)[C@H](C)O)CCN3C2=O)cc1. The number of carbonyl (C=O) groups is 3. The maximum absolute atomic E-state index is 12.8. The zero-order valence-electron chi connectivity index (χ0n) is 15.5. The fourth-order valence-corrected chi connectivity index (χ4v) is 3.60. The van der Waals surface area contributed by atoms with Crippen LogP contribution in [-0.2, 0) is 20.8 Å². The molecule has 0 bridgehead atoms. The fraction of sp³-hybridized carbons (Fsp3) is 0.526. The normalized spacial score (nSPS) is 26.0. The van der Waals surface area contributed by atoms with Gasteiger partial charge in [0.05, 0.1) is 7.11 Å². The van der Waals surface area contributed by atoms with Crippen molar-refractivity contribution >= 4 is 17.7 Å². The first-order valence-corrected chi connectivity index (χ1v) is 9.11. The van der Waals surface area contributed by atoms with Crippen LogP contribution in [-0.4, -0.2) is 65.6 Å². The van der Waals surface area contributed by atoms with Crippen LogP contribution in [0.25, 0.3) is 0 Å². The van der Waals surface area contributed by atoms with Gasteiger partial charge in [0.15, 0.2) is 0 Å². The Labute approximate surface area is 157 Å². The van der Waals surface area contributed by atoms with Crippen LogP contribution in [0, 0.1) is 0 Å². The van der Waals surface area contributed by atoms with Crippen molar-refractivity contribution in [1.82, 2.24) is 15.5 Å². The van der Waals surface area contributed by atoms with Gasteiger partial charge in [-0.3, -0.25) is 14.4 Å². The van der Waals surface area contributed by atoms with Crippen molar-refractivity contribution in [3.8, 4) is 5.75 Å². The van der Waals surface area contributed by atoms with Gasteiger partial charge >= 0.3 is 0 Å². The van der Waals surface area contributed by atoms with Crippen LogP contribution < -0.4 is 15.4 Å². The monoisotopic (exact) mass is 375 g/mol. The molecule has 0 spiro atoms. The summed E-state index contributed by atoms with van der Waals surface area (Å²) in [6, 6.07) is 5.99. The summed E-state index contributed by atoms with van der Waals surface area (Å²) in [6.45, 7) is 1.80. The minimum absolute atomic E-state index is 0.101. The van der Waals surface area contributed by atoms with E-state index in [1.54, 1.807) is 12.0 Å². The van der Waals surface area contributed by atoms with Gasteiger partial charge in [-0.25, -0.2) is 0 Å². The first kappa shape index (κ1) is 19.2. The van der Waals surface area contributed by atoms with Gasteiger partial charge in [0.2, 0.25) is 17.7 Å². The van der Waals surface area contributed by atoms with Gasteiger partial charge in [-0.2, -0.15) is 0 Å². The topological polar surface area (TPSA) is 108 Å². The van der Waals surface area contributed by atoms with Gasteiger partial charge in [0.25, 0.3) is 0 Å². The maximum Gasteiger partial charge on any atom is 0.248 e. The molecule has 0 saturated carbocycles. The predicted molar refractivity (Wildman–Crippen MR) is 97.0 cm³/mol. The number of ether oxygens (including phenoxy) is 1. The van der Waals surface area contributed by atoms with Crippen molar-refractivity contribution in [1.29, 1.82) is 0 Å². The largest absolute Gasteiger partial charge is 0.497 e. The predicted octanol–water partition coefficient (Wildman–Crippen LogP) is -0.407. The molecule has 0 aliphatic carbocycles. The number of hydrogen-bond acceptors (Lipinski definition) is 5. The molecule has 0 aromatic heterocycles. The Morgan fingerprint density at radius 1 is 1.37 bits per heavy atom. The number of aliphatic hydroxyl groups excluding tert-OH is 1. The lowest BCUT2D eigenvalue weighted by molar-refractivity contribution is -0.152. The Balaban J connectivity index is 1.64. The van der Waals surface area contributed by atoms with Crippen molar-refractivity contribution in [2.45, 2.75) is 50.4 Å². The van der Waals surface area contributed by atoms with Gasteiger partial charge < -0.3 is 25.4 Å². The molecule has 27 heavy (non-hydrogen) atoms. The van der Waals surface area contributed by atoms with Gasteiger partial charge in [0, 0.05) is 19.0 Å². The van der Waals surface area contributed by atoms with Crippen LogP contribution in [0.4, 0.5) is 0 Å². The molecule has 146 valence electrons. The second kappa shape index (κ2) is 7.96. The van der Waals surface area contributed by atoms with Crippen LogP contribution in [0.15, 0.2) is 24.3 Å². The third-order valence-electron chi connectivity index (χ3n) is 5.13. The molecule has 3 amide bonds. The summed E-state index contributed by atoms with van der Waals surface area (Å²) >= 11 is 0. The number of amides is 3. The number of hydrogen-bond donors (Lipinski definition) is 3. The third-order valence-corrected chi connectivity index (χ3v) is 5.13. The van der Waals surface area contributed by atoms with Crippen LogP contribution in [0.5, 0.6) is 5.75 Å². The van der Waals surface area contributed by atoms with E-state index >= 15 is 0 Å². The van der Waals surface area contributed by atoms with Crippen molar-refractivity contribution in [3.63, 3.8) is 0 Å². The van der Waals surface area contributed by atoms with Gasteiger partial charge in [-0.05, 0) is 37.5 Å². The Morgan fingerprint density at radius 2 is 2.07 bits per heavy atom. The number of fused-ring (bicyclic) bond motifs is 1. The summed E-state index contributed by atoms with van der Waals surface area (Å²) < 4.78 is 5.13. The Morgan fingerprint density at radius 3 is 2.70 bits per heavy atom. The quantitative estimate of drug-likeness (QED) is 0.649. The number of piperidine rings is 1. The van der Waals surface area contributed by atoms with Gasteiger partial charge in [-0.1, -0.05) is 12.1 Å². The molecule has 3 rings (SSSR count). The van der Waals surface area contributed by atoms with Gasteiger partial charge in [-0.15, -0.1) is 0 Å². The van der Waals surface area contributed by atoms with Crippen molar-refractivity contribution in [2.75, 3.05) is 13.7 Å². The standard InChI is InChI=1S/C19H25N3O5/c1-11(23)17(24)20-13-7-8-22-16(10-13)18(25)21-15(19(22)26)9-12-3-5-14(27-2)6-4-12/h3-6,11,13,15-16,23H,7-10H2,1-2H3,(H,20,24)(H,21,25)/t11-,13+,15-,16-/m0/s1. The van der Waals surface area contributed by atoms with E-state index in [-0.39, 0.29) is 17.9 Å². The van der Waals surface area contributed by atoms with Crippen molar-refractivity contribution in [3.05, 3.63) is 29.8 Å². The Bertz CT molecular complexity index is 719. The van der Waals surface area contributed by atoms with E-state index in [1.807, 2.05) is 24.3 Å². The van der Waals surface area contributed by atoms with Gasteiger partial charge in [0.1, 0.15) is 23.9 Å². The third kappa shape index (κ3) is 4.21. The molecule has 2 heterocycles. The highest BCUT2D eigenvalue weighted by atomic mass is 16.5. The lowest BCUT2D eigenvalue weighted by atomic mass is 9.91. The first-order chi connectivity index (χ1) is 12.9. The summed E-state index contributed by atoms with van der Waals surface area (Å²) in [4.78, 5) is 38.7. The molecule has 2 saturated heterocycles. The smallest absolute Gasteiger partial charge is 0.248 e. The summed E-state index contributed by atoms with van der Waals surface area (Å²) in [7, 11) is 1.59. The highest BCUT2D eigenvalue weighted by Crippen LogP contribution is 2.24. The minimum atomic E-state index is -1.10. The molecule has 8 nitrogen and oxygen atoms in total. The first-order valence-electron chi connectivity index (χ1n) is 9.11. The van der Waals surface area contributed by atoms with Crippen molar-refractivity contribution < 1.29 is 24.2 Å². The number of carbonyl (C=O) groups excluding carboxylic acids is 3. The zero-order chi connectivity index (χ0) is 19.6. The second-order valence-electron chi connectivity index (χ2n) is 7.07. The lowest BCUT2D eigenvalue weighted by Crippen LogP contribution is -2.67. The summed E-state index contributed by atoms with van der Waals surface area (Å²) in [5.74, 6) is -0.0349. The average Bonchev–Trinajstić information content (AvgIpc) is 2.66. The maximum atomic E-state index is 12.8.